The summed E-state index contributed by atoms with van der Waals surface area (Å²) in [5.41, 5.74) is 4.42. The average Bonchev–Trinajstić information content (AvgIpc) is 3.17. The Morgan fingerprint density at radius 1 is 0.852 bits per heavy atom. The Bertz CT molecular complexity index is 1200. The van der Waals surface area contributed by atoms with Crippen LogP contribution in [0.3, 0.4) is 0 Å². The van der Waals surface area contributed by atoms with Crippen LogP contribution in [0, 0.1) is 0 Å². The second-order valence-corrected chi connectivity index (χ2v) is 7.81. The van der Waals surface area contributed by atoms with Crippen molar-refractivity contribution >= 4 is 22.7 Å². The van der Waals surface area contributed by atoms with Crippen LogP contribution in [0.4, 0.5) is 0 Å². The lowest BCUT2D eigenvalue weighted by molar-refractivity contribution is 0.820. The molecular weight excluding hydrogens is 352 g/mol. The molecule has 1 aromatic heterocycles. The molecule has 4 aromatic rings. The summed E-state index contributed by atoms with van der Waals surface area (Å²) in [5.74, 6) is 0. The number of hydrogen-bond donors (Lipinski definition) is 0. The minimum atomic E-state index is -0.0320. The predicted molar refractivity (Wildman–Crippen MR) is 110 cm³/mol. The molecule has 3 aromatic carbocycles. The maximum absolute atomic E-state index is 13.2. The van der Waals surface area contributed by atoms with Crippen LogP contribution in [0.5, 0.6) is 0 Å². The van der Waals surface area contributed by atoms with E-state index < -0.39 is 0 Å². The lowest BCUT2D eigenvalue weighted by Crippen LogP contribution is -2.21. The molecule has 4 heteroatoms. The Balaban J connectivity index is 1.69. The fourth-order valence-electron chi connectivity index (χ4n) is 3.70. The molecule has 0 spiro atoms. The van der Waals surface area contributed by atoms with Crippen LogP contribution < -0.4 is 5.56 Å². The fourth-order valence-corrected chi connectivity index (χ4v) is 4.67. The molecule has 0 N–H and O–H groups in total. The quantitative estimate of drug-likeness (QED) is 0.475. The normalized spacial score (nSPS) is 13.0. The highest BCUT2D eigenvalue weighted by molar-refractivity contribution is 7.99. The van der Waals surface area contributed by atoms with Gasteiger partial charge < -0.3 is 0 Å². The van der Waals surface area contributed by atoms with Crippen molar-refractivity contribution in [3.63, 3.8) is 0 Å². The topological polar surface area (TPSA) is 34.9 Å². The van der Waals surface area contributed by atoms with E-state index in [1.165, 1.54) is 24.0 Å². The maximum Gasteiger partial charge on any atom is 0.266 e. The van der Waals surface area contributed by atoms with Gasteiger partial charge in [-0.15, -0.1) is 0 Å². The average molecular weight is 370 g/mol. The molecule has 132 valence electrons. The number of hydrogen-bond acceptors (Lipinski definition) is 3. The summed E-state index contributed by atoms with van der Waals surface area (Å²) in [5, 5.41) is 1.34. The minimum Gasteiger partial charge on any atom is -0.268 e. The Kier molecular flexibility index (Phi) is 4.06. The first-order valence-electron chi connectivity index (χ1n) is 9.16. The van der Waals surface area contributed by atoms with Crippen LogP contribution >= 0.6 is 11.8 Å². The van der Waals surface area contributed by atoms with Crippen molar-refractivity contribution in [1.29, 1.82) is 0 Å². The molecule has 0 radical (unpaired) electrons. The maximum atomic E-state index is 13.2. The van der Waals surface area contributed by atoms with Crippen molar-refractivity contribution in [3.05, 3.63) is 94.3 Å². The molecule has 0 fully saturated rings. The van der Waals surface area contributed by atoms with Crippen molar-refractivity contribution in [1.82, 2.24) is 9.55 Å². The van der Waals surface area contributed by atoms with Crippen molar-refractivity contribution in [2.24, 2.45) is 0 Å². The van der Waals surface area contributed by atoms with E-state index in [4.69, 9.17) is 4.98 Å². The molecule has 0 atom stereocenters. The van der Waals surface area contributed by atoms with Crippen LogP contribution in [0.25, 0.3) is 16.6 Å². The van der Waals surface area contributed by atoms with Crippen LogP contribution in [-0.4, -0.2) is 9.55 Å². The molecule has 5 rings (SSSR count). The largest absolute Gasteiger partial charge is 0.268 e. The number of benzene rings is 3. The van der Waals surface area contributed by atoms with Gasteiger partial charge in [0.1, 0.15) is 0 Å². The zero-order valence-corrected chi connectivity index (χ0v) is 15.6. The first-order chi connectivity index (χ1) is 13.3. The van der Waals surface area contributed by atoms with Crippen LogP contribution in [0.2, 0.25) is 0 Å². The van der Waals surface area contributed by atoms with Gasteiger partial charge in [-0.25, -0.2) is 4.98 Å². The van der Waals surface area contributed by atoms with E-state index in [0.717, 1.165) is 22.5 Å². The van der Waals surface area contributed by atoms with E-state index in [1.807, 2.05) is 54.6 Å². The smallest absolute Gasteiger partial charge is 0.266 e. The van der Waals surface area contributed by atoms with Crippen molar-refractivity contribution in [2.45, 2.75) is 29.3 Å². The summed E-state index contributed by atoms with van der Waals surface area (Å²) in [7, 11) is 0. The van der Waals surface area contributed by atoms with Gasteiger partial charge in [0, 0.05) is 4.90 Å². The van der Waals surface area contributed by atoms with E-state index in [-0.39, 0.29) is 5.56 Å². The lowest BCUT2D eigenvalue weighted by Gasteiger charge is -2.13. The van der Waals surface area contributed by atoms with Crippen LogP contribution in [0.1, 0.15) is 17.5 Å². The summed E-state index contributed by atoms with van der Waals surface area (Å²) in [6, 6.07) is 23.9. The standard InChI is InChI=1S/C23H18N2OS/c26-22-20-11-4-5-12-21(20)24-23(25(22)18-9-2-1-3-10-18)27-19-14-13-16-7-6-8-17(16)15-19/h1-5,9-15H,6-8H2. The highest BCUT2D eigenvalue weighted by atomic mass is 32.2. The van der Waals surface area contributed by atoms with Crippen LogP contribution in [0.15, 0.2) is 87.6 Å². The SMILES string of the molecule is O=c1c2ccccc2nc(Sc2ccc3c(c2)CCC3)n1-c1ccccc1. The van der Waals surface area contributed by atoms with Gasteiger partial charge in [0.2, 0.25) is 0 Å². The van der Waals surface area contributed by atoms with Gasteiger partial charge in [-0.1, -0.05) is 48.2 Å². The molecule has 27 heavy (non-hydrogen) atoms. The third-order valence-electron chi connectivity index (χ3n) is 5.04. The third kappa shape index (κ3) is 2.96. The molecule has 0 unspecified atom stereocenters. The molecule has 3 nitrogen and oxygen atoms in total. The van der Waals surface area contributed by atoms with Crippen molar-refractivity contribution in [3.8, 4) is 5.69 Å². The molecule has 0 amide bonds. The van der Waals surface area contributed by atoms with Crippen LogP contribution in [-0.2, 0) is 12.8 Å². The van der Waals surface area contributed by atoms with E-state index >= 15 is 0 Å². The van der Waals surface area contributed by atoms with Crippen molar-refractivity contribution < 1.29 is 0 Å². The highest BCUT2D eigenvalue weighted by Gasteiger charge is 2.16. The Hall–Kier alpha value is -2.85. The zero-order chi connectivity index (χ0) is 18.2. The summed E-state index contributed by atoms with van der Waals surface area (Å²) in [4.78, 5) is 19.2. The number of aryl methyl sites for hydroxylation is 2. The van der Waals surface area contributed by atoms with E-state index in [0.29, 0.717) is 10.5 Å². The monoisotopic (exact) mass is 370 g/mol. The summed E-state index contributed by atoms with van der Waals surface area (Å²) < 4.78 is 1.72. The predicted octanol–water partition coefficient (Wildman–Crippen LogP) is 5.03. The minimum absolute atomic E-state index is 0.0320. The molecule has 0 aliphatic heterocycles. The summed E-state index contributed by atoms with van der Waals surface area (Å²) in [6.07, 6.45) is 3.54. The number of fused-ring (bicyclic) bond motifs is 2. The first kappa shape index (κ1) is 16.3. The lowest BCUT2D eigenvalue weighted by atomic mass is 10.1. The molecule has 1 aliphatic rings. The Labute approximate surface area is 161 Å². The van der Waals surface area contributed by atoms with Gasteiger partial charge in [-0.05, 0) is 66.8 Å². The number of aromatic nitrogens is 2. The first-order valence-corrected chi connectivity index (χ1v) is 9.98. The van der Waals surface area contributed by atoms with Crippen molar-refractivity contribution in [2.75, 3.05) is 0 Å². The van der Waals surface area contributed by atoms with E-state index in [1.54, 1.807) is 16.3 Å². The summed E-state index contributed by atoms with van der Waals surface area (Å²) >= 11 is 1.56. The van der Waals surface area contributed by atoms with Gasteiger partial charge in [0.15, 0.2) is 5.16 Å². The highest BCUT2D eigenvalue weighted by Crippen LogP contribution is 2.32. The fraction of sp³-hybridized carbons (Fsp3) is 0.130. The second kappa shape index (κ2) is 6.71. The van der Waals surface area contributed by atoms with Gasteiger partial charge in [0.25, 0.3) is 5.56 Å². The number of rotatable bonds is 3. The number of para-hydroxylation sites is 2. The van der Waals surface area contributed by atoms with Gasteiger partial charge in [-0.2, -0.15) is 0 Å². The van der Waals surface area contributed by atoms with Gasteiger partial charge >= 0.3 is 0 Å². The molecule has 0 bridgehead atoms. The molecule has 0 saturated heterocycles. The molecular formula is C23H18N2OS. The molecule has 0 saturated carbocycles. The third-order valence-corrected chi connectivity index (χ3v) is 5.98. The zero-order valence-electron chi connectivity index (χ0n) is 14.8. The van der Waals surface area contributed by atoms with E-state index in [2.05, 4.69) is 18.2 Å². The van der Waals surface area contributed by atoms with Gasteiger partial charge in [0.05, 0.1) is 16.6 Å². The molecule has 1 aliphatic carbocycles. The second-order valence-electron chi connectivity index (χ2n) is 6.77. The number of nitrogens with zero attached hydrogens (tertiary/aromatic N) is 2. The molecule has 1 heterocycles. The Morgan fingerprint density at radius 2 is 1.63 bits per heavy atom. The van der Waals surface area contributed by atoms with E-state index in [9.17, 15) is 4.79 Å². The van der Waals surface area contributed by atoms with Gasteiger partial charge in [-0.3, -0.25) is 9.36 Å². The Morgan fingerprint density at radius 3 is 2.52 bits per heavy atom. The summed E-state index contributed by atoms with van der Waals surface area (Å²) in [6.45, 7) is 0.